The molecule has 0 aliphatic rings. The van der Waals surface area contributed by atoms with Crippen molar-refractivity contribution in [2.45, 2.75) is 0 Å². The number of rotatable bonds is 4. The molecule has 3 aromatic carbocycles. The first kappa shape index (κ1) is 18.5. The minimum absolute atomic E-state index is 0.0200. The Morgan fingerprint density at radius 3 is 2.26 bits per heavy atom. The summed E-state index contributed by atoms with van der Waals surface area (Å²) in [6, 6.07) is 16.3. The van der Waals surface area contributed by atoms with Gasteiger partial charge in [0.25, 0.3) is 5.69 Å². The summed E-state index contributed by atoms with van der Waals surface area (Å²) >= 11 is 0. The monoisotopic (exact) mass is 415 g/mol. The van der Waals surface area contributed by atoms with Gasteiger partial charge < -0.3 is 13.6 Å². The first-order chi connectivity index (χ1) is 15.0. The lowest BCUT2D eigenvalue weighted by Gasteiger charge is -1.97. The van der Waals surface area contributed by atoms with E-state index in [1.807, 2.05) is 0 Å². The summed E-state index contributed by atoms with van der Waals surface area (Å²) in [5.74, 6) is 0.0785. The normalized spacial score (nSPS) is 11.1. The molecule has 0 saturated carbocycles. The Kier molecular flexibility index (Phi) is 4.21. The number of aromatic nitrogens is 2. The number of oxazole rings is 2. The van der Waals surface area contributed by atoms with Crippen molar-refractivity contribution in [3.8, 4) is 22.9 Å². The summed E-state index contributed by atoms with van der Waals surface area (Å²) in [4.78, 5) is 31.5. The van der Waals surface area contributed by atoms with E-state index in [4.69, 9.17) is 13.6 Å². The van der Waals surface area contributed by atoms with Crippen molar-refractivity contribution in [3.63, 3.8) is 0 Å². The van der Waals surface area contributed by atoms with E-state index in [-0.39, 0.29) is 11.6 Å². The molecule has 0 spiro atoms. The van der Waals surface area contributed by atoms with Gasteiger partial charge in [0.15, 0.2) is 11.2 Å². The number of ether oxygens (including phenoxy) is 1. The van der Waals surface area contributed by atoms with Crippen molar-refractivity contribution < 1.29 is 23.3 Å². The number of carbonyl (C=O) groups excluding carboxylic acids is 1. The number of hydrogen-bond acceptors (Lipinski definition) is 8. The van der Waals surface area contributed by atoms with Crippen LogP contribution in [0.1, 0.15) is 10.4 Å². The van der Waals surface area contributed by atoms with Gasteiger partial charge in [-0.3, -0.25) is 10.1 Å². The molecule has 31 heavy (non-hydrogen) atoms. The molecule has 5 rings (SSSR count). The molecule has 0 aliphatic carbocycles. The van der Waals surface area contributed by atoms with Gasteiger partial charge in [-0.1, -0.05) is 12.1 Å². The smallest absolute Gasteiger partial charge is 0.340 e. The molecular formula is C22H13N3O6. The van der Waals surface area contributed by atoms with E-state index in [2.05, 4.69) is 9.97 Å². The maximum Gasteiger partial charge on any atom is 0.340 e. The lowest BCUT2D eigenvalue weighted by molar-refractivity contribution is -0.384. The molecule has 9 nitrogen and oxygen atoms in total. The second-order valence-electron chi connectivity index (χ2n) is 6.64. The van der Waals surface area contributed by atoms with Gasteiger partial charge >= 0.3 is 5.97 Å². The molecule has 2 heterocycles. The molecule has 0 unspecified atom stereocenters. The predicted octanol–water partition coefficient (Wildman–Crippen LogP) is 5.00. The molecular weight excluding hydrogens is 402 g/mol. The zero-order chi connectivity index (χ0) is 21.5. The number of non-ortho nitro benzene ring substituents is 1. The Morgan fingerprint density at radius 2 is 1.55 bits per heavy atom. The van der Waals surface area contributed by atoms with E-state index < -0.39 is 10.9 Å². The van der Waals surface area contributed by atoms with Gasteiger partial charge in [-0.05, 0) is 36.4 Å². The second-order valence-corrected chi connectivity index (χ2v) is 6.64. The van der Waals surface area contributed by atoms with E-state index in [9.17, 15) is 14.9 Å². The van der Waals surface area contributed by atoms with Crippen LogP contribution >= 0.6 is 0 Å². The lowest BCUT2D eigenvalue weighted by Crippen LogP contribution is -2.01. The third kappa shape index (κ3) is 3.08. The number of methoxy groups -OCH3 is 1. The standard InChI is InChI=1S/C22H13N3O6/c1-29-22(26)15-5-3-7-17-19(15)24-21(31-17)14-4-2-6-16-18(14)23-20(30-16)12-8-10-13(11-9-12)25(27)28/h2-11H,1H3. The van der Waals surface area contributed by atoms with Gasteiger partial charge in [0, 0.05) is 17.7 Å². The molecule has 0 fully saturated rings. The molecule has 0 radical (unpaired) electrons. The van der Waals surface area contributed by atoms with E-state index in [1.165, 1.54) is 19.2 Å². The molecule has 0 aliphatic heterocycles. The number of nitro groups is 1. The highest BCUT2D eigenvalue weighted by Crippen LogP contribution is 2.34. The van der Waals surface area contributed by atoms with Crippen LogP contribution in [0.3, 0.4) is 0 Å². The van der Waals surface area contributed by atoms with Crippen molar-refractivity contribution in [1.82, 2.24) is 9.97 Å². The number of benzene rings is 3. The maximum atomic E-state index is 12.0. The molecule has 2 aromatic heterocycles. The van der Waals surface area contributed by atoms with Crippen LogP contribution in [0.25, 0.3) is 45.1 Å². The highest BCUT2D eigenvalue weighted by Gasteiger charge is 2.20. The molecule has 0 saturated heterocycles. The average Bonchev–Trinajstić information content (AvgIpc) is 3.42. The van der Waals surface area contributed by atoms with Crippen LogP contribution in [0.5, 0.6) is 0 Å². The van der Waals surface area contributed by atoms with Crippen molar-refractivity contribution in [2.75, 3.05) is 7.11 Å². The lowest BCUT2D eigenvalue weighted by atomic mass is 10.2. The molecule has 0 N–H and O–H groups in total. The maximum absolute atomic E-state index is 12.0. The number of nitro benzene ring substituents is 1. The predicted molar refractivity (Wildman–Crippen MR) is 110 cm³/mol. The molecule has 152 valence electrons. The topological polar surface area (TPSA) is 122 Å². The zero-order valence-electron chi connectivity index (χ0n) is 16.1. The minimum Gasteiger partial charge on any atom is -0.465 e. The molecule has 0 bridgehead atoms. The van der Waals surface area contributed by atoms with Crippen molar-refractivity contribution in [3.05, 3.63) is 76.3 Å². The summed E-state index contributed by atoms with van der Waals surface area (Å²) in [6.07, 6.45) is 0. The third-order valence-corrected chi connectivity index (χ3v) is 4.80. The number of fused-ring (bicyclic) bond motifs is 2. The summed E-state index contributed by atoms with van der Waals surface area (Å²) < 4.78 is 16.5. The highest BCUT2D eigenvalue weighted by molar-refractivity contribution is 6.02. The van der Waals surface area contributed by atoms with Crippen LogP contribution in [-0.2, 0) is 4.74 Å². The Labute approximate surface area is 174 Å². The van der Waals surface area contributed by atoms with Gasteiger partial charge in [-0.2, -0.15) is 0 Å². The van der Waals surface area contributed by atoms with Crippen molar-refractivity contribution in [1.29, 1.82) is 0 Å². The largest absolute Gasteiger partial charge is 0.465 e. The molecule has 9 heteroatoms. The first-order valence-electron chi connectivity index (χ1n) is 9.18. The van der Waals surface area contributed by atoms with Gasteiger partial charge in [0.1, 0.15) is 11.0 Å². The van der Waals surface area contributed by atoms with E-state index >= 15 is 0 Å². The zero-order valence-corrected chi connectivity index (χ0v) is 16.1. The highest BCUT2D eigenvalue weighted by atomic mass is 16.6. The van der Waals surface area contributed by atoms with E-state index in [0.717, 1.165) is 0 Å². The van der Waals surface area contributed by atoms with Crippen molar-refractivity contribution in [2.24, 2.45) is 0 Å². The van der Waals surface area contributed by atoms with E-state index in [0.29, 0.717) is 44.8 Å². The summed E-state index contributed by atoms with van der Waals surface area (Å²) in [7, 11) is 1.30. The first-order valence-corrected chi connectivity index (χ1v) is 9.18. The van der Waals surface area contributed by atoms with Gasteiger partial charge in [0.2, 0.25) is 11.8 Å². The second kappa shape index (κ2) is 7.06. The Bertz CT molecular complexity index is 1470. The van der Waals surface area contributed by atoms with Crippen LogP contribution < -0.4 is 0 Å². The summed E-state index contributed by atoms with van der Waals surface area (Å²) in [5, 5.41) is 10.9. The number of hydrogen-bond donors (Lipinski definition) is 0. The SMILES string of the molecule is COC(=O)c1cccc2oc(-c3cccc4oc(-c5ccc([N+](=O)[O-])cc5)nc34)nc12. The fourth-order valence-electron chi connectivity index (χ4n) is 3.31. The van der Waals surface area contributed by atoms with Crippen LogP contribution in [-0.4, -0.2) is 28.0 Å². The fourth-order valence-corrected chi connectivity index (χ4v) is 3.31. The van der Waals surface area contributed by atoms with Gasteiger partial charge in [0.05, 0.1) is 23.2 Å². The van der Waals surface area contributed by atoms with E-state index in [1.54, 1.807) is 48.5 Å². The molecule has 0 atom stereocenters. The number of esters is 1. The summed E-state index contributed by atoms with van der Waals surface area (Å²) in [6.45, 7) is 0. The number of carbonyl (C=O) groups is 1. The minimum atomic E-state index is -0.509. The fraction of sp³-hybridized carbons (Fsp3) is 0.0455. The molecule has 0 amide bonds. The van der Waals surface area contributed by atoms with Crippen LogP contribution in [0.4, 0.5) is 5.69 Å². The average molecular weight is 415 g/mol. The number of para-hydroxylation sites is 2. The Hall–Kier alpha value is -4.53. The van der Waals surface area contributed by atoms with Crippen molar-refractivity contribution >= 4 is 33.9 Å². The quantitative estimate of drug-likeness (QED) is 0.228. The van der Waals surface area contributed by atoms with Crippen LogP contribution in [0, 0.1) is 10.1 Å². The Balaban J connectivity index is 1.63. The van der Waals surface area contributed by atoms with Crippen LogP contribution in [0.15, 0.2) is 69.5 Å². The van der Waals surface area contributed by atoms with Gasteiger partial charge in [-0.15, -0.1) is 0 Å². The van der Waals surface area contributed by atoms with Crippen LogP contribution in [0.2, 0.25) is 0 Å². The van der Waals surface area contributed by atoms with Gasteiger partial charge in [-0.25, -0.2) is 14.8 Å². The molecule has 5 aromatic rings. The summed E-state index contributed by atoms with van der Waals surface area (Å²) in [5.41, 5.74) is 3.31. The third-order valence-electron chi connectivity index (χ3n) is 4.80. The Morgan fingerprint density at radius 1 is 0.903 bits per heavy atom. The number of nitrogens with zero attached hydrogens (tertiary/aromatic N) is 3.